The number of ether oxygens (including phenoxy) is 3. The van der Waals surface area contributed by atoms with Crippen molar-refractivity contribution in [1.82, 2.24) is 4.90 Å². The summed E-state index contributed by atoms with van der Waals surface area (Å²) in [5.74, 6) is -1.31. The van der Waals surface area contributed by atoms with Gasteiger partial charge in [-0.1, -0.05) is 0 Å². The number of nitrogens with zero attached hydrogens (tertiary/aromatic N) is 1. The van der Waals surface area contributed by atoms with Crippen LogP contribution in [0.15, 0.2) is 11.8 Å². The summed E-state index contributed by atoms with van der Waals surface area (Å²) in [6.07, 6.45) is 2.01. The van der Waals surface area contributed by atoms with Crippen molar-refractivity contribution >= 4 is 17.8 Å². The maximum atomic E-state index is 11.8. The Morgan fingerprint density at radius 2 is 2.00 bits per heavy atom. The SMILES string of the molecule is COC(=O)C1=CC[C@@H]2C[C@@H](C(=O)OC)N(C(C)=O)[C@@H]2O1. The molecule has 0 unspecified atom stereocenters. The summed E-state index contributed by atoms with van der Waals surface area (Å²) in [7, 11) is 2.54. The predicted octanol–water partition coefficient (Wildman–Crippen LogP) is 0.200. The highest BCUT2D eigenvalue weighted by molar-refractivity contribution is 5.87. The van der Waals surface area contributed by atoms with E-state index in [9.17, 15) is 14.4 Å². The highest BCUT2D eigenvalue weighted by atomic mass is 16.6. The Morgan fingerprint density at radius 3 is 2.55 bits per heavy atom. The number of fused-ring (bicyclic) bond motifs is 1. The summed E-state index contributed by atoms with van der Waals surface area (Å²) in [6, 6.07) is -0.669. The van der Waals surface area contributed by atoms with E-state index in [-0.39, 0.29) is 17.6 Å². The van der Waals surface area contributed by atoms with E-state index < -0.39 is 24.2 Å². The Bertz CT molecular complexity index is 471. The van der Waals surface area contributed by atoms with Crippen LogP contribution in [-0.2, 0) is 28.6 Å². The summed E-state index contributed by atoms with van der Waals surface area (Å²) in [5.41, 5.74) is 0. The number of carbonyl (C=O) groups excluding carboxylic acids is 3. The van der Waals surface area contributed by atoms with Crippen molar-refractivity contribution in [3.05, 3.63) is 11.8 Å². The Balaban J connectivity index is 2.22. The predicted molar refractivity (Wildman–Crippen MR) is 66.0 cm³/mol. The van der Waals surface area contributed by atoms with Crippen LogP contribution in [0, 0.1) is 5.92 Å². The third kappa shape index (κ3) is 2.35. The minimum absolute atomic E-state index is 0.0311. The summed E-state index contributed by atoms with van der Waals surface area (Å²) in [4.78, 5) is 36.4. The lowest BCUT2D eigenvalue weighted by molar-refractivity contribution is -0.160. The molecule has 0 radical (unpaired) electrons. The number of carbonyl (C=O) groups is 3. The Kier molecular flexibility index (Phi) is 3.96. The fourth-order valence-electron chi connectivity index (χ4n) is 2.70. The third-order valence-corrected chi connectivity index (χ3v) is 3.62. The van der Waals surface area contributed by atoms with Crippen molar-refractivity contribution in [3.63, 3.8) is 0 Å². The van der Waals surface area contributed by atoms with Gasteiger partial charge >= 0.3 is 11.9 Å². The average Bonchev–Trinajstić information content (AvgIpc) is 2.83. The maximum Gasteiger partial charge on any atom is 0.373 e. The molecule has 0 saturated carbocycles. The summed E-state index contributed by atoms with van der Waals surface area (Å²) < 4.78 is 14.9. The number of hydrogen-bond donors (Lipinski definition) is 0. The summed E-state index contributed by atoms with van der Waals surface area (Å²) in [6.45, 7) is 1.36. The fourth-order valence-corrected chi connectivity index (χ4v) is 2.70. The van der Waals surface area contributed by atoms with Gasteiger partial charge in [0.1, 0.15) is 6.04 Å². The molecule has 7 nitrogen and oxygen atoms in total. The number of likely N-dealkylation sites (tertiary alicyclic amines) is 1. The molecule has 7 heteroatoms. The van der Waals surface area contributed by atoms with E-state index in [1.54, 1.807) is 6.08 Å². The first-order valence-corrected chi connectivity index (χ1v) is 6.31. The van der Waals surface area contributed by atoms with Crippen LogP contribution >= 0.6 is 0 Å². The zero-order valence-corrected chi connectivity index (χ0v) is 11.6. The monoisotopic (exact) mass is 283 g/mol. The summed E-state index contributed by atoms with van der Waals surface area (Å²) >= 11 is 0. The Labute approximate surface area is 116 Å². The fraction of sp³-hybridized carbons (Fsp3) is 0.615. The number of allylic oxidation sites excluding steroid dienone is 1. The average molecular weight is 283 g/mol. The normalized spacial score (nSPS) is 28.1. The van der Waals surface area contributed by atoms with Crippen LogP contribution in [-0.4, -0.2) is 49.2 Å². The molecule has 1 fully saturated rings. The molecule has 0 aromatic rings. The molecule has 1 saturated heterocycles. The molecule has 0 aromatic heterocycles. The van der Waals surface area contributed by atoms with Gasteiger partial charge in [-0.2, -0.15) is 0 Å². The van der Waals surface area contributed by atoms with Crippen molar-refractivity contribution in [2.75, 3.05) is 14.2 Å². The number of esters is 2. The van der Waals surface area contributed by atoms with Gasteiger partial charge in [0, 0.05) is 12.8 Å². The lowest BCUT2D eigenvalue weighted by atomic mass is 9.98. The Hall–Kier alpha value is -2.05. The van der Waals surface area contributed by atoms with Crippen LogP contribution in [0.1, 0.15) is 19.8 Å². The van der Waals surface area contributed by atoms with E-state index in [1.807, 2.05) is 0 Å². The van der Waals surface area contributed by atoms with Crippen molar-refractivity contribution < 1.29 is 28.6 Å². The van der Waals surface area contributed by atoms with Gasteiger partial charge in [0.25, 0.3) is 0 Å². The molecule has 2 heterocycles. The lowest BCUT2D eigenvalue weighted by Crippen LogP contribution is -2.46. The molecule has 0 aromatic carbocycles. The van der Waals surface area contributed by atoms with Crippen molar-refractivity contribution in [2.45, 2.75) is 32.0 Å². The second-order valence-electron chi connectivity index (χ2n) is 4.77. The molecule has 2 aliphatic heterocycles. The smallest absolute Gasteiger partial charge is 0.373 e. The quantitative estimate of drug-likeness (QED) is 0.673. The largest absolute Gasteiger partial charge is 0.467 e. The molecule has 2 rings (SSSR count). The van der Waals surface area contributed by atoms with Gasteiger partial charge in [-0.3, -0.25) is 9.69 Å². The molecule has 0 spiro atoms. The first-order valence-electron chi connectivity index (χ1n) is 6.31. The number of rotatable bonds is 2. The van der Waals surface area contributed by atoms with Gasteiger partial charge < -0.3 is 14.2 Å². The molecule has 110 valence electrons. The molecular formula is C13H17NO6. The standard InChI is InChI=1S/C13H17NO6/c1-7(15)14-9(12(16)18-2)6-8-4-5-10(13(17)19-3)20-11(8)14/h5,8-9,11H,4,6H2,1-3H3/t8-,9+,11-/m1/s1. The molecule has 2 aliphatic rings. The molecule has 0 bridgehead atoms. The van der Waals surface area contributed by atoms with E-state index in [1.165, 1.54) is 26.0 Å². The molecular weight excluding hydrogens is 266 g/mol. The van der Waals surface area contributed by atoms with Crippen LogP contribution < -0.4 is 0 Å². The van der Waals surface area contributed by atoms with Gasteiger partial charge in [-0.25, -0.2) is 9.59 Å². The molecule has 20 heavy (non-hydrogen) atoms. The van der Waals surface area contributed by atoms with E-state index in [2.05, 4.69) is 4.74 Å². The van der Waals surface area contributed by atoms with E-state index >= 15 is 0 Å². The highest BCUT2D eigenvalue weighted by Gasteiger charge is 2.49. The van der Waals surface area contributed by atoms with Crippen molar-refractivity contribution in [2.24, 2.45) is 5.92 Å². The van der Waals surface area contributed by atoms with Crippen LogP contribution in [0.4, 0.5) is 0 Å². The highest BCUT2D eigenvalue weighted by Crippen LogP contribution is 2.38. The van der Waals surface area contributed by atoms with Gasteiger partial charge in [-0.15, -0.1) is 0 Å². The Morgan fingerprint density at radius 1 is 1.30 bits per heavy atom. The van der Waals surface area contributed by atoms with Crippen LogP contribution in [0.25, 0.3) is 0 Å². The molecule has 0 N–H and O–H groups in total. The number of hydrogen-bond acceptors (Lipinski definition) is 6. The zero-order chi connectivity index (χ0) is 14.9. The van der Waals surface area contributed by atoms with Crippen molar-refractivity contribution in [3.8, 4) is 0 Å². The minimum Gasteiger partial charge on any atom is -0.467 e. The molecule has 3 atom stereocenters. The minimum atomic E-state index is -0.669. The number of methoxy groups -OCH3 is 2. The first-order chi connectivity index (χ1) is 9.49. The zero-order valence-electron chi connectivity index (χ0n) is 11.6. The maximum absolute atomic E-state index is 11.8. The van der Waals surface area contributed by atoms with Gasteiger partial charge in [0.15, 0.2) is 6.23 Å². The molecule has 1 amide bonds. The topological polar surface area (TPSA) is 82.1 Å². The van der Waals surface area contributed by atoms with Gasteiger partial charge in [-0.05, 0) is 18.9 Å². The third-order valence-electron chi connectivity index (χ3n) is 3.62. The first kappa shape index (κ1) is 14.4. The van der Waals surface area contributed by atoms with Crippen LogP contribution in [0.5, 0.6) is 0 Å². The van der Waals surface area contributed by atoms with E-state index in [4.69, 9.17) is 9.47 Å². The van der Waals surface area contributed by atoms with Gasteiger partial charge in [0.2, 0.25) is 11.7 Å². The summed E-state index contributed by atoms with van der Waals surface area (Å²) in [5, 5.41) is 0. The van der Waals surface area contributed by atoms with E-state index in [0.29, 0.717) is 12.8 Å². The van der Waals surface area contributed by atoms with Crippen molar-refractivity contribution in [1.29, 1.82) is 0 Å². The lowest BCUT2D eigenvalue weighted by Gasteiger charge is -2.32. The number of amides is 1. The van der Waals surface area contributed by atoms with E-state index in [0.717, 1.165) is 0 Å². The van der Waals surface area contributed by atoms with Crippen LogP contribution in [0.3, 0.4) is 0 Å². The second-order valence-corrected chi connectivity index (χ2v) is 4.77. The molecule has 0 aliphatic carbocycles. The van der Waals surface area contributed by atoms with Crippen LogP contribution in [0.2, 0.25) is 0 Å². The van der Waals surface area contributed by atoms with Gasteiger partial charge in [0.05, 0.1) is 14.2 Å². The second kappa shape index (κ2) is 5.52.